The van der Waals surface area contributed by atoms with Crippen molar-refractivity contribution in [2.45, 2.75) is 42.1 Å². The van der Waals surface area contributed by atoms with Crippen LogP contribution in [0.3, 0.4) is 0 Å². The number of nitrogens with one attached hydrogen (secondary N) is 1. The number of carbonyl (C=O) groups excluding carboxylic acids is 1. The third kappa shape index (κ3) is 2.52. The number of hydrogen-bond donors (Lipinski definition) is 1. The van der Waals surface area contributed by atoms with Gasteiger partial charge in [0.1, 0.15) is 5.75 Å². The molecule has 0 saturated carbocycles. The molecule has 3 atom stereocenters. The van der Waals surface area contributed by atoms with E-state index in [4.69, 9.17) is 4.74 Å². The van der Waals surface area contributed by atoms with Crippen molar-refractivity contribution in [1.29, 1.82) is 0 Å². The number of aryl methyl sites for hydroxylation is 1. The minimum absolute atomic E-state index is 0.172. The molecule has 130 valence electrons. The lowest BCUT2D eigenvalue weighted by atomic mass is 9.81. The van der Waals surface area contributed by atoms with E-state index in [-0.39, 0.29) is 4.90 Å². The first kappa shape index (κ1) is 16.1. The molecule has 1 amide bonds. The fourth-order valence-corrected chi connectivity index (χ4v) is 5.61. The van der Waals surface area contributed by atoms with Crippen LogP contribution in [0.15, 0.2) is 53.4 Å². The van der Waals surface area contributed by atoms with E-state index >= 15 is 0 Å². The highest BCUT2D eigenvalue weighted by atomic mass is 32.2. The Morgan fingerprint density at radius 3 is 2.52 bits per heavy atom. The summed E-state index contributed by atoms with van der Waals surface area (Å²) in [6, 6.07) is 14.0. The van der Waals surface area contributed by atoms with Gasteiger partial charge in [0, 0.05) is 12.3 Å². The summed E-state index contributed by atoms with van der Waals surface area (Å²) >= 11 is 0. The highest BCUT2D eigenvalue weighted by Crippen LogP contribution is 2.46. The molecule has 5 nitrogen and oxygen atoms in total. The number of amides is 1. The van der Waals surface area contributed by atoms with Crippen LogP contribution in [0.2, 0.25) is 0 Å². The van der Waals surface area contributed by atoms with Crippen molar-refractivity contribution in [3.63, 3.8) is 0 Å². The Hall–Kier alpha value is -2.34. The normalized spacial score (nSPS) is 27.8. The maximum atomic E-state index is 13.2. The number of fused-ring (bicyclic) bond motifs is 4. The minimum atomic E-state index is -3.82. The van der Waals surface area contributed by atoms with E-state index in [1.165, 1.54) is 0 Å². The summed E-state index contributed by atoms with van der Waals surface area (Å²) in [5.74, 6) is -0.311. The second-order valence-electron chi connectivity index (χ2n) is 6.95. The third-order valence-electron chi connectivity index (χ3n) is 4.96. The van der Waals surface area contributed by atoms with Crippen LogP contribution in [-0.2, 0) is 14.6 Å². The van der Waals surface area contributed by atoms with Gasteiger partial charge < -0.3 is 10.1 Å². The molecule has 2 aromatic carbocycles. The lowest BCUT2D eigenvalue weighted by molar-refractivity contribution is -0.132. The Balaban J connectivity index is 1.85. The molecule has 2 aliphatic rings. The molecule has 0 spiro atoms. The van der Waals surface area contributed by atoms with E-state index in [1.807, 2.05) is 31.2 Å². The number of hydrogen-bond acceptors (Lipinski definition) is 4. The average Bonchev–Trinajstić information content (AvgIpc) is 2.54. The highest BCUT2D eigenvalue weighted by molar-refractivity contribution is 7.92. The van der Waals surface area contributed by atoms with Crippen LogP contribution >= 0.6 is 0 Å². The molecule has 3 unspecified atom stereocenters. The second kappa shape index (κ2) is 5.33. The quantitative estimate of drug-likeness (QED) is 0.896. The molecular formula is C19H19NO4S. The van der Waals surface area contributed by atoms with Gasteiger partial charge in [-0.3, -0.25) is 4.79 Å². The Bertz CT molecular complexity index is 952. The number of para-hydroxylation sites is 1. The van der Waals surface area contributed by atoms with Gasteiger partial charge in [0.2, 0.25) is 5.91 Å². The van der Waals surface area contributed by atoms with E-state index in [0.717, 1.165) is 11.1 Å². The number of rotatable bonds is 2. The Morgan fingerprint density at radius 1 is 1.12 bits per heavy atom. The predicted octanol–water partition coefficient (Wildman–Crippen LogP) is 2.55. The van der Waals surface area contributed by atoms with Gasteiger partial charge in [-0.15, -0.1) is 0 Å². The fourth-order valence-electron chi connectivity index (χ4n) is 3.79. The molecule has 1 fully saturated rings. The average molecular weight is 357 g/mol. The summed E-state index contributed by atoms with van der Waals surface area (Å²) in [5.41, 5.74) is 0.863. The maximum Gasteiger partial charge on any atom is 0.242 e. The molecule has 0 aliphatic carbocycles. The highest BCUT2D eigenvalue weighted by Gasteiger charge is 2.53. The largest absolute Gasteiger partial charge is 0.468 e. The van der Waals surface area contributed by atoms with E-state index in [9.17, 15) is 13.2 Å². The molecule has 2 aliphatic heterocycles. The summed E-state index contributed by atoms with van der Waals surface area (Å²) in [5, 5.41) is 1.60. The molecule has 2 bridgehead atoms. The zero-order valence-corrected chi connectivity index (χ0v) is 14.8. The monoisotopic (exact) mass is 357 g/mol. The van der Waals surface area contributed by atoms with Crippen LogP contribution < -0.4 is 10.1 Å². The van der Waals surface area contributed by atoms with E-state index < -0.39 is 32.6 Å². The summed E-state index contributed by atoms with van der Waals surface area (Å²) in [7, 11) is -3.82. The molecule has 2 heterocycles. The smallest absolute Gasteiger partial charge is 0.242 e. The standard InChI is InChI=1S/C19H19NO4S/c1-12-7-9-13(10-8-12)25(22,23)17-15-11-19(2,20-18(17)21)24-16-6-4-3-5-14(15)16/h3-10,15,17H,11H2,1-2H3,(H,20,21). The van der Waals surface area contributed by atoms with Crippen molar-refractivity contribution < 1.29 is 17.9 Å². The van der Waals surface area contributed by atoms with Gasteiger partial charge in [0.15, 0.2) is 20.8 Å². The van der Waals surface area contributed by atoms with Crippen LogP contribution in [0.5, 0.6) is 5.75 Å². The number of ether oxygens (including phenoxy) is 1. The van der Waals surface area contributed by atoms with Gasteiger partial charge in [-0.25, -0.2) is 8.42 Å². The topological polar surface area (TPSA) is 72.5 Å². The lowest BCUT2D eigenvalue weighted by Crippen LogP contribution is -2.63. The first-order valence-electron chi connectivity index (χ1n) is 8.21. The SMILES string of the molecule is Cc1ccc(S(=O)(=O)C2C(=O)NC3(C)CC2c2ccccc2O3)cc1. The molecule has 0 radical (unpaired) electrons. The van der Waals surface area contributed by atoms with Crippen LogP contribution in [0, 0.1) is 6.92 Å². The first-order valence-corrected chi connectivity index (χ1v) is 9.75. The van der Waals surface area contributed by atoms with E-state index in [0.29, 0.717) is 12.2 Å². The number of piperidine rings is 1. The predicted molar refractivity (Wildman–Crippen MR) is 93.1 cm³/mol. The lowest BCUT2D eigenvalue weighted by Gasteiger charge is -2.46. The molecular weight excluding hydrogens is 338 g/mol. The third-order valence-corrected chi connectivity index (χ3v) is 7.10. The van der Waals surface area contributed by atoms with E-state index in [1.54, 1.807) is 31.2 Å². The summed E-state index contributed by atoms with van der Waals surface area (Å²) in [4.78, 5) is 12.9. The van der Waals surface area contributed by atoms with Crippen molar-refractivity contribution in [3.05, 3.63) is 59.7 Å². The number of carbonyl (C=O) groups is 1. The number of sulfone groups is 1. The van der Waals surface area contributed by atoms with Crippen LogP contribution in [-0.4, -0.2) is 25.3 Å². The van der Waals surface area contributed by atoms with Gasteiger partial charge in [-0.05, 0) is 37.6 Å². The van der Waals surface area contributed by atoms with Gasteiger partial charge in [0.25, 0.3) is 0 Å². The first-order chi connectivity index (χ1) is 11.8. The molecule has 2 aromatic rings. The van der Waals surface area contributed by atoms with Crippen molar-refractivity contribution in [1.82, 2.24) is 5.32 Å². The van der Waals surface area contributed by atoms with Gasteiger partial charge in [0.05, 0.1) is 4.90 Å². The fraction of sp³-hybridized carbons (Fsp3) is 0.316. The Morgan fingerprint density at radius 2 is 1.80 bits per heavy atom. The molecule has 4 rings (SSSR count). The molecule has 1 saturated heterocycles. The van der Waals surface area contributed by atoms with Crippen molar-refractivity contribution in [2.75, 3.05) is 0 Å². The maximum absolute atomic E-state index is 13.2. The van der Waals surface area contributed by atoms with Crippen molar-refractivity contribution in [3.8, 4) is 5.75 Å². The molecule has 6 heteroatoms. The summed E-state index contributed by atoms with van der Waals surface area (Å²) in [6.45, 7) is 3.67. The van der Waals surface area contributed by atoms with Crippen molar-refractivity contribution >= 4 is 15.7 Å². The Kier molecular flexibility index (Phi) is 3.44. The van der Waals surface area contributed by atoms with Gasteiger partial charge in [-0.1, -0.05) is 35.9 Å². The summed E-state index contributed by atoms with van der Waals surface area (Å²) in [6.07, 6.45) is 0.422. The minimum Gasteiger partial charge on any atom is -0.468 e. The molecule has 25 heavy (non-hydrogen) atoms. The summed E-state index contributed by atoms with van der Waals surface area (Å²) < 4.78 is 32.4. The van der Waals surface area contributed by atoms with Crippen molar-refractivity contribution in [2.24, 2.45) is 0 Å². The molecule has 0 aromatic heterocycles. The second-order valence-corrected chi connectivity index (χ2v) is 9.02. The zero-order chi connectivity index (χ0) is 17.8. The van der Waals surface area contributed by atoms with Gasteiger partial charge in [-0.2, -0.15) is 0 Å². The van der Waals surface area contributed by atoms with Crippen LogP contribution in [0.1, 0.15) is 30.4 Å². The number of benzene rings is 2. The van der Waals surface area contributed by atoms with Gasteiger partial charge >= 0.3 is 0 Å². The van der Waals surface area contributed by atoms with Crippen LogP contribution in [0.25, 0.3) is 0 Å². The Labute approximate surface area is 146 Å². The molecule has 1 N–H and O–H groups in total. The zero-order valence-electron chi connectivity index (χ0n) is 14.0. The van der Waals surface area contributed by atoms with Crippen LogP contribution in [0.4, 0.5) is 0 Å². The van der Waals surface area contributed by atoms with E-state index in [2.05, 4.69) is 5.32 Å².